The average molecular weight is 441 g/mol. The van der Waals surface area contributed by atoms with Crippen LogP contribution in [0.3, 0.4) is 0 Å². The Bertz CT molecular complexity index is 1310. The summed E-state index contributed by atoms with van der Waals surface area (Å²) in [6.45, 7) is -1.75. The van der Waals surface area contributed by atoms with Gasteiger partial charge in [-0.15, -0.1) is 5.10 Å². The molecule has 0 fully saturated rings. The fourth-order valence-electron chi connectivity index (χ4n) is 2.77. The first-order valence-electron chi connectivity index (χ1n) is 8.43. The van der Waals surface area contributed by atoms with Crippen LogP contribution in [0.5, 0.6) is 6.01 Å². The molecule has 0 radical (unpaired) electrons. The number of imidazole rings is 1. The lowest BCUT2D eigenvalue weighted by Gasteiger charge is -2.09. The molecule has 0 aliphatic heterocycles. The molecule has 4 rings (SSSR count). The summed E-state index contributed by atoms with van der Waals surface area (Å²) in [6, 6.07) is 5.06. The topological polar surface area (TPSA) is 85.2 Å². The maximum absolute atomic E-state index is 13.9. The van der Waals surface area contributed by atoms with Gasteiger partial charge in [-0.25, -0.2) is 22.7 Å². The number of hydrogen-bond acceptors (Lipinski definition) is 5. The molecule has 0 bridgehead atoms. The SMILES string of the molecule is O=c1[nH]c(OCC(F)(F)F)nn2c(-c3cc(F)c(F)c(F)c3)c(-c3ccccn3)nc12. The quantitative estimate of drug-likeness (QED) is 0.387. The predicted octanol–water partition coefficient (Wildman–Crippen LogP) is 3.51. The molecule has 0 amide bonds. The van der Waals surface area contributed by atoms with E-state index in [2.05, 4.69) is 19.8 Å². The maximum atomic E-state index is 13.9. The summed E-state index contributed by atoms with van der Waals surface area (Å²) < 4.78 is 83.8. The molecule has 0 aliphatic rings. The Balaban J connectivity index is 2.00. The number of fused-ring (bicyclic) bond motifs is 1. The van der Waals surface area contributed by atoms with Gasteiger partial charge < -0.3 is 4.74 Å². The van der Waals surface area contributed by atoms with Gasteiger partial charge >= 0.3 is 12.2 Å². The van der Waals surface area contributed by atoms with E-state index in [1.54, 1.807) is 12.1 Å². The standard InChI is InChI=1S/C18H9F6N5O2/c19-9-5-8(6-10(20)12(9)21)14-13(11-3-1-2-4-25-11)26-15-16(30)27-17(28-29(14)15)31-7-18(22,23)24/h1-6H,7H2,(H,27,28,30). The summed E-state index contributed by atoms with van der Waals surface area (Å²) in [5, 5.41) is 3.75. The minimum Gasteiger partial charge on any atom is -0.454 e. The van der Waals surface area contributed by atoms with Gasteiger partial charge in [0, 0.05) is 11.8 Å². The number of aromatic nitrogens is 5. The second kappa shape index (κ2) is 7.41. The van der Waals surface area contributed by atoms with Gasteiger partial charge in [0.25, 0.3) is 5.56 Å². The van der Waals surface area contributed by atoms with E-state index in [9.17, 15) is 31.1 Å². The molecule has 0 atom stereocenters. The molecular formula is C18H9F6N5O2. The van der Waals surface area contributed by atoms with Crippen molar-refractivity contribution in [3.8, 4) is 28.7 Å². The van der Waals surface area contributed by atoms with Gasteiger partial charge in [0.15, 0.2) is 24.1 Å². The number of halogens is 6. The van der Waals surface area contributed by atoms with Gasteiger partial charge in [-0.05, 0) is 24.3 Å². The van der Waals surface area contributed by atoms with Crippen molar-refractivity contribution in [2.24, 2.45) is 0 Å². The Morgan fingerprint density at radius 3 is 2.42 bits per heavy atom. The van der Waals surface area contributed by atoms with Crippen LogP contribution in [0, 0.1) is 17.5 Å². The predicted molar refractivity (Wildman–Crippen MR) is 93.7 cm³/mol. The summed E-state index contributed by atoms with van der Waals surface area (Å²) in [5.41, 5.74) is -1.82. The van der Waals surface area contributed by atoms with E-state index in [1.807, 2.05) is 4.98 Å². The number of aromatic amines is 1. The monoisotopic (exact) mass is 441 g/mol. The van der Waals surface area contributed by atoms with E-state index in [4.69, 9.17) is 0 Å². The zero-order valence-corrected chi connectivity index (χ0v) is 15.0. The molecule has 4 aromatic rings. The van der Waals surface area contributed by atoms with Crippen molar-refractivity contribution in [3.63, 3.8) is 0 Å². The maximum Gasteiger partial charge on any atom is 0.422 e. The smallest absolute Gasteiger partial charge is 0.422 e. The molecule has 13 heteroatoms. The van der Waals surface area contributed by atoms with E-state index in [1.165, 1.54) is 12.3 Å². The summed E-state index contributed by atoms with van der Waals surface area (Å²) in [7, 11) is 0. The molecular weight excluding hydrogens is 432 g/mol. The third kappa shape index (κ3) is 3.93. The number of pyridine rings is 1. The van der Waals surface area contributed by atoms with Crippen molar-refractivity contribution in [1.29, 1.82) is 0 Å². The lowest BCUT2D eigenvalue weighted by Crippen LogP contribution is -2.23. The van der Waals surface area contributed by atoms with Crippen LogP contribution in [-0.4, -0.2) is 37.3 Å². The van der Waals surface area contributed by atoms with Crippen LogP contribution < -0.4 is 10.3 Å². The van der Waals surface area contributed by atoms with Gasteiger partial charge in [0.1, 0.15) is 11.4 Å². The normalized spacial score (nSPS) is 11.8. The Morgan fingerprint density at radius 1 is 1.10 bits per heavy atom. The Labute approximate surface area is 168 Å². The van der Waals surface area contributed by atoms with Crippen molar-refractivity contribution in [1.82, 2.24) is 24.6 Å². The first-order chi connectivity index (χ1) is 14.6. The highest BCUT2D eigenvalue weighted by atomic mass is 19.4. The molecule has 0 aliphatic carbocycles. The van der Waals surface area contributed by atoms with Crippen molar-refractivity contribution >= 4 is 5.65 Å². The van der Waals surface area contributed by atoms with Gasteiger partial charge in [0.2, 0.25) is 5.65 Å². The first-order valence-corrected chi connectivity index (χ1v) is 8.43. The van der Waals surface area contributed by atoms with Crippen molar-refractivity contribution in [2.75, 3.05) is 6.61 Å². The van der Waals surface area contributed by atoms with Crippen LogP contribution in [0.4, 0.5) is 26.3 Å². The molecule has 0 saturated carbocycles. The summed E-state index contributed by atoms with van der Waals surface area (Å²) in [6.07, 6.45) is -3.34. The number of alkyl halides is 3. The molecule has 0 spiro atoms. The average Bonchev–Trinajstić information content (AvgIpc) is 3.10. The van der Waals surface area contributed by atoms with Crippen LogP contribution in [0.2, 0.25) is 0 Å². The van der Waals surface area contributed by atoms with E-state index in [-0.39, 0.29) is 22.6 Å². The van der Waals surface area contributed by atoms with E-state index < -0.39 is 47.5 Å². The van der Waals surface area contributed by atoms with Gasteiger partial charge in [-0.2, -0.15) is 13.2 Å². The number of nitrogens with zero attached hydrogens (tertiary/aromatic N) is 4. The first kappa shape index (κ1) is 20.4. The third-order valence-corrected chi connectivity index (χ3v) is 4.01. The van der Waals surface area contributed by atoms with Gasteiger partial charge in [-0.1, -0.05) is 6.07 Å². The van der Waals surface area contributed by atoms with Gasteiger partial charge in [0.05, 0.1) is 5.69 Å². The van der Waals surface area contributed by atoms with Crippen molar-refractivity contribution < 1.29 is 31.1 Å². The molecule has 0 unspecified atom stereocenters. The van der Waals surface area contributed by atoms with Crippen molar-refractivity contribution in [3.05, 3.63) is 64.3 Å². The van der Waals surface area contributed by atoms with E-state index in [0.29, 0.717) is 12.1 Å². The summed E-state index contributed by atoms with van der Waals surface area (Å²) in [5.74, 6) is -4.79. The highest BCUT2D eigenvalue weighted by molar-refractivity contribution is 5.80. The molecule has 160 valence electrons. The second-order valence-electron chi connectivity index (χ2n) is 6.18. The molecule has 0 saturated heterocycles. The van der Waals surface area contributed by atoms with Crippen LogP contribution in [0.1, 0.15) is 0 Å². The Kier molecular flexibility index (Phi) is 4.87. The fraction of sp³-hybridized carbons (Fsp3) is 0.111. The van der Waals surface area contributed by atoms with Crippen molar-refractivity contribution in [2.45, 2.75) is 6.18 Å². The minimum atomic E-state index is -4.71. The van der Waals surface area contributed by atoms with E-state index >= 15 is 0 Å². The molecule has 1 aromatic carbocycles. The summed E-state index contributed by atoms with van der Waals surface area (Å²) in [4.78, 5) is 22.5. The lowest BCUT2D eigenvalue weighted by molar-refractivity contribution is -0.154. The zero-order chi connectivity index (χ0) is 22.3. The largest absolute Gasteiger partial charge is 0.454 e. The molecule has 31 heavy (non-hydrogen) atoms. The number of hydrogen-bond donors (Lipinski definition) is 1. The highest BCUT2D eigenvalue weighted by Crippen LogP contribution is 2.32. The number of benzene rings is 1. The van der Waals surface area contributed by atoms with Crippen LogP contribution in [0.25, 0.3) is 28.3 Å². The lowest BCUT2D eigenvalue weighted by atomic mass is 10.1. The number of ether oxygens (including phenoxy) is 1. The second-order valence-corrected chi connectivity index (χ2v) is 6.18. The Hall–Kier alpha value is -3.90. The zero-order valence-electron chi connectivity index (χ0n) is 15.0. The molecule has 7 nitrogen and oxygen atoms in total. The van der Waals surface area contributed by atoms with Crippen LogP contribution in [-0.2, 0) is 0 Å². The number of nitrogens with one attached hydrogen (secondary N) is 1. The summed E-state index contributed by atoms with van der Waals surface area (Å²) >= 11 is 0. The number of H-pyrrole nitrogens is 1. The third-order valence-electron chi connectivity index (χ3n) is 4.01. The van der Waals surface area contributed by atoms with Crippen LogP contribution in [0.15, 0.2) is 41.3 Å². The highest BCUT2D eigenvalue weighted by Gasteiger charge is 2.29. The molecule has 3 heterocycles. The fourth-order valence-corrected chi connectivity index (χ4v) is 2.77. The molecule has 3 aromatic heterocycles. The van der Waals surface area contributed by atoms with Crippen LogP contribution >= 0.6 is 0 Å². The number of rotatable bonds is 4. The Morgan fingerprint density at radius 2 is 1.81 bits per heavy atom. The van der Waals surface area contributed by atoms with E-state index in [0.717, 1.165) is 4.52 Å². The minimum absolute atomic E-state index is 0.0722. The molecule has 1 N–H and O–H groups in total. The van der Waals surface area contributed by atoms with Gasteiger partial charge in [-0.3, -0.25) is 14.8 Å².